The first kappa shape index (κ1) is 30.8. The fraction of sp³-hybridized carbons (Fsp3) is 0.581. The highest BCUT2D eigenvalue weighted by Crippen LogP contribution is 2.24. The van der Waals surface area contributed by atoms with Crippen molar-refractivity contribution in [2.75, 3.05) is 29.5 Å². The van der Waals surface area contributed by atoms with Gasteiger partial charge in [-0.3, -0.25) is 14.8 Å². The highest BCUT2D eigenvalue weighted by molar-refractivity contribution is 7.80. The van der Waals surface area contributed by atoms with Crippen LogP contribution < -0.4 is 9.91 Å². The van der Waals surface area contributed by atoms with Gasteiger partial charge in [-0.15, -0.1) is 0 Å². The molecule has 1 heterocycles. The van der Waals surface area contributed by atoms with Gasteiger partial charge < -0.3 is 4.90 Å². The molecule has 0 unspecified atom stereocenters. The summed E-state index contributed by atoms with van der Waals surface area (Å²) in [4.78, 5) is 20.4. The lowest BCUT2D eigenvalue weighted by atomic mass is 10.1. The van der Waals surface area contributed by atoms with Gasteiger partial charge in [0.25, 0.3) is 0 Å². The Morgan fingerprint density at radius 2 is 1.35 bits per heavy atom. The van der Waals surface area contributed by atoms with Crippen LogP contribution in [0.3, 0.4) is 0 Å². The van der Waals surface area contributed by atoms with E-state index in [0.29, 0.717) is 6.42 Å². The molecule has 2 rings (SSSR count). The number of thiocarbonyl (C=S) groups is 1. The zero-order valence-electron chi connectivity index (χ0n) is 23.6. The Kier molecular flexibility index (Phi) is 14.9. The highest BCUT2D eigenvalue weighted by atomic mass is 32.1. The monoisotopic (exact) mass is 524 g/mol. The number of nitrogens with zero attached hydrogens (tertiary/aromatic N) is 4. The minimum Gasteiger partial charge on any atom is -0.372 e. The van der Waals surface area contributed by atoms with Gasteiger partial charge in [0.1, 0.15) is 4.99 Å². The number of hydrogen-bond donors (Lipinski definition) is 0. The number of amides is 1. The van der Waals surface area contributed by atoms with E-state index >= 15 is 0 Å². The first-order valence-electron chi connectivity index (χ1n) is 14.4. The smallest absolute Gasteiger partial charge is 0.242 e. The third-order valence-electron chi connectivity index (χ3n) is 6.83. The molecule has 0 atom stereocenters. The van der Waals surface area contributed by atoms with Crippen LogP contribution in [0.2, 0.25) is 0 Å². The first-order chi connectivity index (χ1) is 18.0. The molecule has 0 bridgehead atoms. The number of benzene rings is 1. The molecule has 0 aliphatic carbocycles. The first-order valence-corrected chi connectivity index (χ1v) is 14.8. The molecule has 1 aromatic heterocycles. The van der Waals surface area contributed by atoms with Gasteiger partial charge in [-0.05, 0) is 56.7 Å². The number of carbonyl (C=O) groups excluding carboxylic acids is 1. The standard InChI is InChI=1S/C31H48N4OS/c1-5-8-9-10-11-12-13-14-15-18-25-34(31(37)26-28-19-16-17-24-32-28)35(27(4)36)30-22-20-29(21-23-30)33(6-2)7-3/h16-17,19-24H,5-15,18,25-26H2,1-4H3. The molecule has 1 amide bonds. The quantitative estimate of drug-likeness (QED) is 0.119. The number of carbonyl (C=O) groups is 1. The Balaban J connectivity index is 2.07. The molecule has 2 aromatic rings. The van der Waals surface area contributed by atoms with E-state index in [0.717, 1.165) is 54.5 Å². The molecule has 0 saturated heterocycles. The predicted molar refractivity (Wildman–Crippen MR) is 162 cm³/mol. The second-order valence-corrected chi connectivity index (χ2v) is 10.2. The molecule has 0 saturated carbocycles. The summed E-state index contributed by atoms with van der Waals surface area (Å²) in [5.41, 5.74) is 2.93. The van der Waals surface area contributed by atoms with E-state index in [2.05, 4.69) is 42.8 Å². The number of anilines is 2. The van der Waals surface area contributed by atoms with E-state index in [9.17, 15) is 4.79 Å². The number of hydrogen-bond acceptors (Lipinski definition) is 4. The fourth-order valence-corrected chi connectivity index (χ4v) is 5.04. The number of hydrazine groups is 1. The van der Waals surface area contributed by atoms with Gasteiger partial charge in [-0.1, -0.05) is 83.0 Å². The Hall–Kier alpha value is -2.47. The van der Waals surface area contributed by atoms with Crippen LogP contribution in [0.4, 0.5) is 11.4 Å². The summed E-state index contributed by atoms with van der Waals surface area (Å²) < 4.78 is 0. The normalized spacial score (nSPS) is 10.8. The van der Waals surface area contributed by atoms with Crippen molar-refractivity contribution in [3.63, 3.8) is 0 Å². The van der Waals surface area contributed by atoms with Crippen molar-refractivity contribution in [1.82, 2.24) is 9.99 Å². The lowest BCUT2D eigenvalue weighted by Crippen LogP contribution is -2.49. The third kappa shape index (κ3) is 10.8. The maximum absolute atomic E-state index is 13.0. The average Bonchev–Trinajstić information content (AvgIpc) is 2.90. The van der Waals surface area contributed by atoms with Crippen LogP contribution in [0.25, 0.3) is 0 Å². The van der Waals surface area contributed by atoms with Gasteiger partial charge in [-0.2, -0.15) is 0 Å². The summed E-state index contributed by atoms with van der Waals surface area (Å²) in [5, 5.41) is 3.76. The van der Waals surface area contributed by atoms with Crippen LogP contribution in [-0.2, 0) is 11.2 Å². The van der Waals surface area contributed by atoms with E-state index in [1.807, 2.05) is 35.3 Å². The van der Waals surface area contributed by atoms with Crippen molar-refractivity contribution >= 4 is 34.5 Å². The molecular formula is C31H48N4OS. The number of pyridine rings is 1. The van der Waals surface area contributed by atoms with Gasteiger partial charge in [0.2, 0.25) is 5.91 Å². The van der Waals surface area contributed by atoms with Crippen LogP contribution in [0.1, 0.15) is 97.6 Å². The van der Waals surface area contributed by atoms with Crippen molar-refractivity contribution in [2.45, 2.75) is 98.3 Å². The summed E-state index contributed by atoms with van der Waals surface area (Å²) in [7, 11) is 0. The molecule has 0 radical (unpaired) electrons. The number of aromatic nitrogens is 1. The summed E-state index contributed by atoms with van der Waals surface area (Å²) in [6.45, 7) is 10.8. The summed E-state index contributed by atoms with van der Waals surface area (Å²) in [6, 6.07) is 14.1. The minimum atomic E-state index is -0.0361. The maximum Gasteiger partial charge on any atom is 0.242 e. The second-order valence-electron chi connectivity index (χ2n) is 9.72. The SMILES string of the molecule is CCCCCCCCCCCCN(C(=S)Cc1ccccn1)N(C(C)=O)c1ccc(N(CC)CC)cc1. The highest BCUT2D eigenvalue weighted by Gasteiger charge is 2.23. The van der Waals surface area contributed by atoms with Crippen LogP contribution >= 0.6 is 12.2 Å². The molecule has 0 aliphatic rings. The van der Waals surface area contributed by atoms with E-state index in [4.69, 9.17) is 12.2 Å². The molecule has 0 aliphatic heterocycles. The van der Waals surface area contributed by atoms with Gasteiger partial charge in [0.05, 0.1) is 5.69 Å². The van der Waals surface area contributed by atoms with E-state index in [-0.39, 0.29) is 5.91 Å². The Bertz CT molecular complexity index is 899. The molecule has 0 fully saturated rings. The largest absolute Gasteiger partial charge is 0.372 e. The Morgan fingerprint density at radius 1 is 0.784 bits per heavy atom. The zero-order valence-corrected chi connectivity index (χ0v) is 24.4. The molecule has 1 aromatic carbocycles. The summed E-state index contributed by atoms with van der Waals surface area (Å²) in [6.07, 6.45) is 15.1. The van der Waals surface area contributed by atoms with E-state index < -0.39 is 0 Å². The van der Waals surface area contributed by atoms with Crippen molar-refractivity contribution < 1.29 is 4.79 Å². The minimum absolute atomic E-state index is 0.0361. The molecule has 204 valence electrons. The molecule has 0 N–H and O–H groups in total. The molecule has 37 heavy (non-hydrogen) atoms. The van der Waals surface area contributed by atoms with E-state index in [1.165, 1.54) is 51.4 Å². The summed E-state index contributed by atoms with van der Waals surface area (Å²) in [5.74, 6) is -0.0361. The van der Waals surface area contributed by atoms with Gasteiger partial charge in [0, 0.05) is 50.6 Å². The molecule has 5 nitrogen and oxygen atoms in total. The van der Waals surface area contributed by atoms with Crippen molar-refractivity contribution in [2.24, 2.45) is 0 Å². The van der Waals surface area contributed by atoms with Crippen LogP contribution in [0, 0.1) is 0 Å². The van der Waals surface area contributed by atoms with Crippen LogP contribution in [0.15, 0.2) is 48.7 Å². The third-order valence-corrected chi connectivity index (χ3v) is 7.19. The van der Waals surface area contributed by atoms with Crippen molar-refractivity contribution in [3.8, 4) is 0 Å². The average molecular weight is 525 g/mol. The summed E-state index contributed by atoms with van der Waals surface area (Å²) >= 11 is 5.91. The van der Waals surface area contributed by atoms with Crippen molar-refractivity contribution in [1.29, 1.82) is 0 Å². The predicted octanol–water partition coefficient (Wildman–Crippen LogP) is 7.99. The topological polar surface area (TPSA) is 39.7 Å². The van der Waals surface area contributed by atoms with Gasteiger partial charge in [-0.25, -0.2) is 5.01 Å². The zero-order chi connectivity index (χ0) is 26.9. The van der Waals surface area contributed by atoms with Gasteiger partial charge in [0.15, 0.2) is 0 Å². The maximum atomic E-state index is 13.0. The fourth-order valence-electron chi connectivity index (χ4n) is 4.72. The lowest BCUT2D eigenvalue weighted by molar-refractivity contribution is -0.118. The van der Waals surface area contributed by atoms with Crippen molar-refractivity contribution in [3.05, 3.63) is 54.4 Å². The Labute approximate surface area is 231 Å². The van der Waals surface area contributed by atoms with Crippen LogP contribution in [-0.4, -0.2) is 40.5 Å². The Morgan fingerprint density at radius 3 is 1.86 bits per heavy atom. The second kappa shape index (κ2) is 17.9. The van der Waals surface area contributed by atoms with E-state index in [1.54, 1.807) is 18.1 Å². The lowest BCUT2D eigenvalue weighted by Gasteiger charge is -2.36. The molecular weight excluding hydrogens is 476 g/mol. The number of rotatable bonds is 17. The van der Waals surface area contributed by atoms with Gasteiger partial charge >= 0.3 is 0 Å². The number of unbranched alkanes of at least 4 members (excludes halogenated alkanes) is 9. The van der Waals surface area contributed by atoms with Crippen LogP contribution in [0.5, 0.6) is 0 Å². The molecule has 6 heteroatoms. The molecule has 0 spiro atoms.